The summed E-state index contributed by atoms with van der Waals surface area (Å²) in [5.41, 5.74) is 1.41. The van der Waals surface area contributed by atoms with Crippen molar-refractivity contribution in [2.24, 2.45) is 11.3 Å². The van der Waals surface area contributed by atoms with Gasteiger partial charge in [-0.2, -0.15) is 0 Å². The summed E-state index contributed by atoms with van der Waals surface area (Å²) in [4.78, 5) is 14.8. The number of amides is 1. The van der Waals surface area contributed by atoms with Crippen molar-refractivity contribution >= 4 is 5.91 Å². The van der Waals surface area contributed by atoms with Crippen molar-refractivity contribution in [3.63, 3.8) is 0 Å². The summed E-state index contributed by atoms with van der Waals surface area (Å²) >= 11 is 0. The van der Waals surface area contributed by atoms with Gasteiger partial charge in [0.15, 0.2) is 0 Å². The van der Waals surface area contributed by atoms with Crippen molar-refractivity contribution < 1.29 is 4.79 Å². The van der Waals surface area contributed by atoms with Crippen LogP contribution >= 0.6 is 0 Å². The highest BCUT2D eigenvalue weighted by molar-refractivity contribution is 5.92. The average Bonchev–Trinajstić information content (AvgIpc) is 3.30. The fourth-order valence-electron chi connectivity index (χ4n) is 3.49. The fraction of sp³-hybridized carbons (Fsp3) is 0.588. The van der Waals surface area contributed by atoms with Gasteiger partial charge in [0.25, 0.3) is 0 Å². The molecule has 1 spiro atoms. The van der Waals surface area contributed by atoms with Gasteiger partial charge in [0.1, 0.15) is 11.7 Å². The number of nitrogens with one attached hydrogen (secondary N) is 1. The smallest absolute Gasteiger partial charge is 0.244 e. The minimum Gasteiger partial charge on any atom is -0.321 e. The average molecular weight is 270 g/mol. The summed E-state index contributed by atoms with van der Waals surface area (Å²) in [5, 5.41) is 3.59. The Balaban J connectivity index is 1.61. The summed E-state index contributed by atoms with van der Waals surface area (Å²) in [6.07, 6.45) is 3.31. The number of hydrogen-bond donors (Lipinski definition) is 1. The van der Waals surface area contributed by atoms with Crippen LogP contribution in [0.1, 0.15) is 44.8 Å². The van der Waals surface area contributed by atoms with Crippen LogP contribution in [-0.2, 0) is 4.79 Å². The number of carbonyl (C=O) groups excluding carboxylic acids is 1. The zero-order valence-corrected chi connectivity index (χ0v) is 12.2. The molecule has 2 aliphatic carbocycles. The Kier molecular flexibility index (Phi) is 2.39. The molecular weight excluding hydrogens is 248 g/mol. The Morgan fingerprint density at radius 1 is 1.25 bits per heavy atom. The molecule has 1 N–H and O–H groups in total. The lowest BCUT2D eigenvalue weighted by Crippen LogP contribution is -2.34. The molecule has 1 aromatic carbocycles. The third kappa shape index (κ3) is 1.80. The Hall–Kier alpha value is -1.35. The van der Waals surface area contributed by atoms with Crippen LogP contribution in [-0.4, -0.2) is 22.9 Å². The Labute approximate surface area is 120 Å². The molecule has 2 unspecified atom stereocenters. The van der Waals surface area contributed by atoms with Gasteiger partial charge in [-0.1, -0.05) is 44.2 Å². The number of hydrogen-bond acceptors (Lipinski definition) is 2. The van der Waals surface area contributed by atoms with Gasteiger partial charge in [-0.25, -0.2) is 0 Å². The van der Waals surface area contributed by atoms with Crippen LogP contribution in [0, 0.1) is 11.3 Å². The van der Waals surface area contributed by atoms with E-state index < -0.39 is 0 Å². The van der Waals surface area contributed by atoms with Crippen molar-refractivity contribution in [3.05, 3.63) is 35.9 Å². The standard InChI is InChI=1S/C17H22N2O/c1-16(2)10-13(16)11-19-14(12-6-4-3-5-7-12)18-17(8-9-17)15(19)20/h3-7,13-14,18H,8-11H2,1-2H3. The van der Waals surface area contributed by atoms with E-state index in [0.29, 0.717) is 17.2 Å². The molecule has 20 heavy (non-hydrogen) atoms. The zero-order chi connectivity index (χ0) is 14.0. The van der Waals surface area contributed by atoms with E-state index in [2.05, 4.69) is 48.3 Å². The SMILES string of the molecule is CC1(C)CC1CN1C(=O)C2(CC2)NC1c1ccccc1. The Bertz CT molecular complexity index is 547. The topological polar surface area (TPSA) is 32.3 Å². The van der Waals surface area contributed by atoms with Crippen molar-refractivity contribution in [3.8, 4) is 0 Å². The minimum absolute atomic E-state index is 0.0719. The van der Waals surface area contributed by atoms with E-state index >= 15 is 0 Å². The maximum absolute atomic E-state index is 12.7. The molecule has 4 rings (SSSR count). The van der Waals surface area contributed by atoms with Gasteiger partial charge in [0.05, 0.1) is 0 Å². The molecule has 3 nitrogen and oxygen atoms in total. The second kappa shape index (κ2) is 3.85. The molecule has 0 bridgehead atoms. The largest absolute Gasteiger partial charge is 0.321 e. The van der Waals surface area contributed by atoms with Gasteiger partial charge < -0.3 is 4.90 Å². The molecule has 3 heteroatoms. The summed E-state index contributed by atoms with van der Waals surface area (Å²) in [5.74, 6) is 0.988. The van der Waals surface area contributed by atoms with E-state index in [-0.39, 0.29) is 11.7 Å². The third-order valence-corrected chi connectivity index (χ3v) is 5.39. The first-order valence-electron chi connectivity index (χ1n) is 7.66. The maximum atomic E-state index is 12.7. The third-order valence-electron chi connectivity index (χ3n) is 5.39. The highest BCUT2D eigenvalue weighted by Gasteiger charge is 2.60. The molecule has 0 radical (unpaired) electrons. The molecule has 3 fully saturated rings. The van der Waals surface area contributed by atoms with Gasteiger partial charge in [-0.05, 0) is 36.2 Å². The number of rotatable bonds is 3. The molecule has 106 valence electrons. The normalized spacial score (nSPS) is 32.7. The van der Waals surface area contributed by atoms with Crippen LogP contribution in [0.2, 0.25) is 0 Å². The lowest BCUT2D eigenvalue weighted by Gasteiger charge is -2.25. The predicted molar refractivity (Wildman–Crippen MR) is 77.9 cm³/mol. The van der Waals surface area contributed by atoms with E-state index in [0.717, 1.165) is 19.4 Å². The number of benzene rings is 1. The zero-order valence-electron chi connectivity index (χ0n) is 12.2. The molecule has 1 aliphatic heterocycles. The van der Waals surface area contributed by atoms with Gasteiger partial charge in [0.2, 0.25) is 5.91 Å². The quantitative estimate of drug-likeness (QED) is 0.916. The van der Waals surface area contributed by atoms with Gasteiger partial charge in [0, 0.05) is 6.54 Å². The first-order valence-corrected chi connectivity index (χ1v) is 7.66. The number of carbonyl (C=O) groups is 1. The molecule has 1 amide bonds. The van der Waals surface area contributed by atoms with Crippen molar-refractivity contribution in [2.75, 3.05) is 6.54 Å². The molecule has 2 saturated carbocycles. The molecule has 3 aliphatic rings. The van der Waals surface area contributed by atoms with Crippen LogP contribution in [0.4, 0.5) is 0 Å². The van der Waals surface area contributed by atoms with E-state index in [4.69, 9.17) is 0 Å². The van der Waals surface area contributed by atoms with Crippen LogP contribution in [0.15, 0.2) is 30.3 Å². The first kappa shape index (κ1) is 12.4. The van der Waals surface area contributed by atoms with Crippen LogP contribution < -0.4 is 5.32 Å². The number of nitrogens with zero attached hydrogens (tertiary/aromatic N) is 1. The Morgan fingerprint density at radius 2 is 1.90 bits per heavy atom. The Morgan fingerprint density at radius 3 is 2.45 bits per heavy atom. The van der Waals surface area contributed by atoms with Crippen LogP contribution in [0.5, 0.6) is 0 Å². The highest BCUT2D eigenvalue weighted by Crippen LogP contribution is 2.54. The predicted octanol–water partition coefficient (Wildman–Crippen LogP) is 2.70. The lowest BCUT2D eigenvalue weighted by atomic mass is 10.1. The van der Waals surface area contributed by atoms with E-state index in [1.165, 1.54) is 12.0 Å². The highest BCUT2D eigenvalue weighted by atomic mass is 16.2. The molecule has 0 aromatic heterocycles. The van der Waals surface area contributed by atoms with Gasteiger partial charge in [-0.15, -0.1) is 0 Å². The first-order chi connectivity index (χ1) is 9.52. The van der Waals surface area contributed by atoms with E-state index in [1.54, 1.807) is 0 Å². The molecule has 1 heterocycles. The van der Waals surface area contributed by atoms with Gasteiger partial charge in [-0.3, -0.25) is 10.1 Å². The van der Waals surface area contributed by atoms with Crippen LogP contribution in [0.25, 0.3) is 0 Å². The summed E-state index contributed by atoms with van der Waals surface area (Å²) in [6.45, 7) is 5.51. The van der Waals surface area contributed by atoms with Gasteiger partial charge >= 0.3 is 0 Å². The van der Waals surface area contributed by atoms with Crippen LogP contribution in [0.3, 0.4) is 0 Å². The lowest BCUT2D eigenvalue weighted by molar-refractivity contribution is -0.131. The second-order valence-electron chi connectivity index (χ2n) is 7.39. The summed E-state index contributed by atoms with van der Waals surface area (Å²) in [7, 11) is 0. The van der Waals surface area contributed by atoms with Crippen molar-refractivity contribution in [1.82, 2.24) is 10.2 Å². The van der Waals surface area contributed by atoms with Crippen molar-refractivity contribution in [2.45, 2.75) is 44.8 Å². The fourth-order valence-corrected chi connectivity index (χ4v) is 3.49. The molecule has 1 saturated heterocycles. The molecular formula is C17H22N2O. The van der Waals surface area contributed by atoms with E-state index in [9.17, 15) is 4.79 Å². The summed E-state index contributed by atoms with van der Waals surface area (Å²) < 4.78 is 0. The molecule has 2 atom stereocenters. The molecule has 1 aromatic rings. The summed E-state index contributed by atoms with van der Waals surface area (Å²) in [6, 6.07) is 10.4. The maximum Gasteiger partial charge on any atom is 0.244 e. The second-order valence-corrected chi connectivity index (χ2v) is 7.39. The van der Waals surface area contributed by atoms with E-state index in [1.807, 2.05) is 6.07 Å². The van der Waals surface area contributed by atoms with Crippen molar-refractivity contribution in [1.29, 1.82) is 0 Å². The monoisotopic (exact) mass is 270 g/mol. The minimum atomic E-state index is -0.223.